The van der Waals surface area contributed by atoms with E-state index in [2.05, 4.69) is 54.6 Å². The van der Waals surface area contributed by atoms with Crippen LogP contribution >= 0.6 is 0 Å². The van der Waals surface area contributed by atoms with Crippen LogP contribution in [0.25, 0.3) is 0 Å². The summed E-state index contributed by atoms with van der Waals surface area (Å²) in [4.78, 5) is 4.61. The monoisotopic (exact) mass is 347 g/mol. The Kier molecular flexibility index (Phi) is 8.60. The zero-order valence-corrected chi connectivity index (χ0v) is 15.9. The van der Waals surface area contributed by atoms with Crippen molar-refractivity contribution in [2.75, 3.05) is 39.5 Å². The minimum atomic E-state index is 0.591. The Balaban J connectivity index is 1.68. The summed E-state index contributed by atoms with van der Waals surface area (Å²) in [5.41, 5.74) is 2.68. The summed E-state index contributed by atoms with van der Waals surface area (Å²) in [6, 6.07) is 6.51. The predicted octanol–water partition coefficient (Wildman–Crippen LogP) is 2.78. The molecule has 5 nitrogen and oxygen atoms in total. The fraction of sp³-hybridized carbons (Fsp3) is 0.650. The normalized spacial score (nSPS) is 13.7. The van der Waals surface area contributed by atoms with Gasteiger partial charge in [0.15, 0.2) is 5.96 Å². The highest BCUT2D eigenvalue weighted by Crippen LogP contribution is 2.25. The second kappa shape index (κ2) is 11.0. The van der Waals surface area contributed by atoms with E-state index in [0.717, 1.165) is 70.4 Å². The van der Waals surface area contributed by atoms with Gasteiger partial charge in [-0.1, -0.05) is 26.0 Å². The number of rotatable bonds is 10. The molecule has 25 heavy (non-hydrogen) atoms. The van der Waals surface area contributed by atoms with E-state index in [-0.39, 0.29) is 0 Å². The number of nitrogens with zero attached hydrogens (tertiary/aromatic N) is 1. The van der Waals surface area contributed by atoms with Crippen LogP contribution in [0.2, 0.25) is 0 Å². The third-order valence-corrected chi connectivity index (χ3v) is 3.97. The molecule has 0 amide bonds. The van der Waals surface area contributed by atoms with Crippen LogP contribution in [0, 0.1) is 5.92 Å². The molecule has 0 radical (unpaired) electrons. The molecule has 1 aliphatic heterocycles. The summed E-state index contributed by atoms with van der Waals surface area (Å²) in [7, 11) is 0. The zero-order chi connectivity index (χ0) is 17.9. The highest BCUT2D eigenvalue weighted by molar-refractivity contribution is 5.79. The van der Waals surface area contributed by atoms with Crippen LogP contribution in [0.15, 0.2) is 23.2 Å². The number of hydrogen-bond acceptors (Lipinski definition) is 3. The van der Waals surface area contributed by atoms with Crippen LogP contribution in [0.5, 0.6) is 5.75 Å². The van der Waals surface area contributed by atoms with Gasteiger partial charge in [-0.25, -0.2) is 0 Å². The zero-order valence-electron chi connectivity index (χ0n) is 15.9. The maximum atomic E-state index is 5.59. The van der Waals surface area contributed by atoms with E-state index >= 15 is 0 Å². The van der Waals surface area contributed by atoms with Crippen molar-refractivity contribution in [3.8, 4) is 5.75 Å². The van der Waals surface area contributed by atoms with Crippen LogP contribution in [-0.4, -0.2) is 45.4 Å². The number of aliphatic imine (C=N–C) groups is 1. The molecule has 0 atom stereocenters. The quantitative estimate of drug-likeness (QED) is 0.388. The first-order valence-electron chi connectivity index (χ1n) is 9.53. The molecule has 0 aromatic heterocycles. The van der Waals surface area contributed by atoms with Gasteiger partial charge in [-0.05, 0) is 42.9 Å². The lowest BCUT2D eigenvalue weighted by molar-refractivity contribution is 0.109. The smallest absolute Gasteiger partial charge is 0.191 e. The van der Waals surface area contributed by atoms with Crippen LogP contribution in [0.1, 0.15) is 38.3 Å². The molecule has 0 spiro atoms. The molecule has 1 aromatic carbocycles. The third-order valence-electron chi connectivity index (χ3n) is 3.97. The Labute approximate surface area is 152 Å². The van der Waals surface area contributed by atoms with Gasteiger partial charge in [0.25, 0.3) is 0 Å². The van der Waals surface area contributed by atoms with E-state index in [1.807, 2.05) is 0 Å². The van der Waals surface area contributed by atoms with Gasteiger partial charge in [-0.15, -0.1) is 0 Å². The Bertz CT molecular complexity index is 544. The molecule has 0 unspecified atom stereocenters. The Hall–Kier alpha value is -1.75. The topological polar surface area (TPSA) is 54.9 Å². The highest BCUT2D eigenvalue weighted by atomic mass is 16.5. The third kappa shape index (κ3) is 7.34. The average molecular weight is 348 g/mol. The van der Waals surface area contributed by atoms with Gasteiger partial charge in [0.1, 0.15) is 5.75 Å². The van der Waals surface area contributed by atoms with Gasteiger partial charge in [0, 0.05) is 39.3 Å². The van der Waals surface area contributed by atoms with E-state index in [4.69, 9.17) is 9.47 Å². The van der Waals surface area contributed by atoms with Crippen LogP contribution in [0.4, 0.5) is 0 Å². The molecular formula is C20H33N3O2. The van der Waals surface area contributed by atoms with Crippen LogP contribution < -0.4 is 15.4 Å². The molecule has 1 aromatic rings. The highest BCUT2D eigenvalue weighted by Gasteiger charge is 2.11. The maximum Gasteiger partial charge on any atom is 0.191 e. The van der Waals surface area contributed by atoms with Crippen molar-refractivity contribution >= 4 is 5.96 Å². The molecular weight excluding hydrogens is 314 g/mol. The van der Waals surface area contributed by atoms with Gasteiger partial charge < -0.3 is 20.1 Å². The average Bonchev–Trinajstić information content (AvgIpc) is 3.05. The van der Waals surface area contributed by atoms with E-state index in [0.29, 0.717) is 5.92 Å². The van der Waals surface area contributed by atoms with Gasteiger partial charge in [-0.3, -0.25) is 4.99 Å². The molecule has 5 heteroatoms. The first-order chi connectivity index (χ1) is 12.2. The fourth-order valence-electron chi connectivity index (χ4n) is 2.74. The van der Waals surface area contributed by atoms with Gasteiger partial charge in [-0.2, -0.15) is 0 Å². The van der Waals surface area contributed by atoms with Crippen LogP contribution in [-0.2, 0) is 17.6 Å². The van der Waals surface area contributed by atoms with Crippen molar-refractivity contribution < 1.29 is 9.47 Å². The summed E-state index contributed by atoms with van der Waals surface area (Å²) in [5, 5.41) is 6.71. The fourth-order valence-corrected chi connectivity index (χ4v) is 2.74. The lowest BCUT2D eigenvalue weighted by atomic mass is 10.1. The van der Waals surface area contributed by atoms with Crippen molar-refractivity contribution in [1.82, 2.24) is 10.6 Å². The number of ether oxygens (including phenoxy) is 2. The Morgan fingerprint density at radius 1 is 1.32 bits per heavy atom. The minimum Gasteiger partial charge on any atom is -0.493 e. The summed E-state index contributed by atoms with van der Waals surface area (Å²) < 4.78 is 11.2. The van der Waals surface area contributed by atoms with Crippen molar-refractivity contribution in [3.05, 3.63) is 29.3 Å². The molecule has 0 saturated carbocycles. The van der Waals surface area contributed by atoms with Crippen molar-refractivity contribution in [2.24, 2.45) is 10.9 Å². The Morgan fingerprint density at radius 2 is 2.20 bits per heavy atom. The summed E-state index contributed by atoms with van der Waals surface area (Å²) in [6.07, 6.45) is 2.96. The van der Waals surface area contributed by atoms with Gasteiger partial charge in [0.05, 0.1) is 6.61 Å². The molecule has 0 bridgehead atoms. The van der Waals surface area contributed by atoms with Crippen LogP contribution in [0.3, 0.4) is 0 Å². The molecule has 140 valence electrons. The van der Waals surface area contributed by atoms with Crippen molar-refractivity contribution in [1.29, 1.82) is 0 Å². The van der Waals surface area contributed by atoms with E-state index in [1.165, 1.54) is 11.1 Å². The van der Waals surface area contributed by atoms with Gasteiger partial charge in [0.2, 0.25) is 0 Å². The van der Waals surface area contributed by atoms with E-state index in [1.54, 1.807) is 0 Å². The molecule has 1 aliphatic rings. The number of guanidine groups is 1. The maximum absolute atomic E-state index is 5.59. The first-order valence-corrected chi connectivity index (χ1v) is 9.53. The Morgan fingerprint density at radius 3 is 3.00 bits per heavy atom. The molecule has 2 N–H and O–H groups in total. The molecule has 2 rings (SSSR count). The second-order valence-corrected chi connectivity index (χ2v) is 6.80. The van der Waals surface area contributed by atoms with Crippen molar-refractivity contribution in [3.63, 3.8) is 0 Å². The first kappa shape index (κ1) is 19.6. The summed E-state index contributed by atoms with van der Waals surface area (Å²) in [5.74, 6) is 2.52. The SMILES string of the molecule is CCNC(=NCCCOCC(C)C)NCCc1ccc2c(c1)CCO2. The lowest BCUT2D eigenvalue weighted by Gasteiger charge is -2.12. The number of hydrogen-bond donors (Lipinski definition) is 2. The molecule has 0 aliphatic carbocycles. The molecule has 0 fully saturated rings. The lowest BCUT2D eigenvalue weighted by Crippen LogP contribution is -2.38. The van der Waals surface area contributed by atoms with E-state index in [9.17, 15) is 0 Å². The minimum absolute atomic E-state index is 0.591. The standard InChI is InChI=1S/C20H33N3O2/c1-4-21-20(22-10-5-12-24-15-16(2)3)23-11-8-17-6-7-19-18(14-17)9-13-25-19/h6-7,14,16H,4-5,8-13,15H2,1-3H3,(H2,21,22,23). The molecule has 1 heterocycles. The second-order valence-electron chi connectivity index (χ2n) is 6.80. The van der Waals surface area contributed by atoms with E-state index < -0.39 is 0 Å². The van der Waals surface area contributed by atoms with Gasteiger partial charge >= 0.3 is 0 Å². The summed E-state index contributed by atoms with van der Waals surface area (Å²) >= 11 is 0. The van der Waals surface area contributed by atoms with Crippen molar-refractivity contribution in [2.45, 2.75) is 40.0 Å². The number of benzene rings is 1. The predicted molar refractivity (Wildman–Crippen MR) is 104 cm³/mol. The summed E-state index contributed by atoms with van der Waals surface area (Å²) in [6.45, 7) is 11.4. The number of nitrogens with one attached hydrogen (secondary N) is 2. The largest absolute Gasteiger partial charge is 0.493 e. The molecule has 0 saturated heterocycles. The number of fused-ring (bicyclic) bond motifs is 1.